The highest BCUT2D eigenvalue weighted by Gasteiger charge is 2.12. The van der Waals surface area contributed by atoms with Crippen LogP contribution >= 0.6 is 0 Å². The first-order chi connectivity index (χ1) is 7.94. The SMILES string of the molecule is C=C(CCC)C(=O)N(NC)NC.C=CC(N)=O. The molecule has 0 aromatic heterocycles. The molecule has 6 heteroatoms. The number of hydrogen-bond acceptors (Lipinski definition) is 4. The van der Waals surface area contributed by atoms with Crippen molar-refractivity contribution >= 4 is 11.8 Å². The molecule has 4 N–H and O–H groups in total. The summed E-state index contributed by atoms with van der Waals surface area (Å²) in [5.41, 5.74) is 10.6. The summed E-state index contributed by atoms with van der Waals surface area (Å²) in [6.07, 6.45) is 2.73. The molecule has 98 valence electrons. The molecule has 0 saturated heterocycles. The second-order valence-corrected chi connectivity index (χ2v) is 3.05. The molecule has 0 atom stereocenters. The molecule has 0 bridgehead atoms. The minimum absolute atomic E-state index is 0.109. The van der Waals surface area contributed by atoms with Crippen molar-refractivity contribution in [2.45, 2.75) is 19.8 Å². The van der Waals surface area contributed by atoms with Crippen LogP contribution < -0.4 is 16.6 Å². The van der Waals surface area contributed by atoms with Crippen LogP contribution in [0.4, 0.5) is 0 Å². The van der Waals surface area contributed by atoms with Gasteiger partial charge in [-0.3, -0.25) is 9.59 Å². The van der Waals surface area contributed by atoms with Crippen LogP contribution in [-0.2, 0) is 9.59 Å². The first kappa shape index (κ1) is 17.7. The van der Waals surface area contributed by atoms with Gasteiger partial charge in [0.1, 0.15) is 0 Å². The molecule has 0 unspecified atom stereocenters. The third-order valence-electron chi connectivity index (χ3n) is 1.71. The molecule has 6 nitrogen and oxygen atoms in total. The third kappa shape index (κ3) is 9.28. The van der Waals surface area contributed by atoms with Gasteiger partial charge in [0.15, 0.2) is 0 Å². The van der Waals surface area contributed by atoms with Crippen LogP contribution in [0.5, 0.6) is 0 Å². The highest BCUT2D eigenvalue weighted by molar-refractivity contribution is 5.92. The molecule has 0 aliphatic heterocycles. The summed E-state index contributed by atoms with van der Waals surface area (Å²) in [6.45, 7) is 8.79. The van der Waals surface area contributed by atoms with Crippen LogP contribution in [-0.4, -0.2) is 31.0 Å². The first-order valence-electron chi connectivity index (χ1n) is 5.23. The number of nitrogens with two attached hydrogens (primary N) is 1. The van der Waals surface area contributed by atoms with Crippen LogP contribution in [0.25, 0.3) is 0 Å². The number of hydrogen-bond donors (Lipinski definition) is 3. The lowest BCUT2D eigenvalue weighted by atomic mass is 10.2. The molecule has 0 aliphatic rings. The summed E-state index contributed by atoms with van der Waals surface area (Å²) < 4.78 is 0. The summed E-state index contributed by atoms with van der Waals surface area (Å²) >= 11 is 0. The number of hydrazine groups is 2. The summed E-state index contributed by atoms with van der Waals surface area (Å²) in [7, 11) is 3.35. The minimum Gasteiger partial charge on any atom is -0.366 e. The maximum atomic E-state index is 11.4. The van der Waals surface area contributed by atoms with Gasteiger partial charge < -0.3 is 5.73 Å². The van der Waals surface area contributed by atoms with Crippen molar-refractivity contribution in [1.29, 1.82) is 0 Å². The van der Waals surface area contributed by atoms with Crippen molar-refractivity contribution in [2.24, 2.45) is 5.73 Å². The summed E-state index contributed by atoms with van der Waals surface area (Å²) in [5, 5.41) is 1.30. The van der Waals surface area contributed by atoms with Gasteiger partial charge in [-0.2, -0.15) is 0 Å². The van der Waals surface area contributed by atoms with E-state index in [1.807, 2.05) is 6.92 Å². The van der Waals surface area contributed by atoms with E-state index in [9.17, 15) is 9.59 Å². The van der Waals surface area contributed by atoms with E-state index in [-0.39, 0.29) is 5.91 Å². The maximum absolute atomic E-state index is 11.4. The van der Waals surface area contributed by atoms with Gasteiger partial charge in [-0.15, -0.1) is 0 Å². The van der Waals surface area contributed by atoms with Gasteiger partial charge in [-0.25, -0.2) is 16.0 Å². The second-order valence-electron chi connectivity index (χ2n) is 3.05. The van der Waals surface area contributed by atoms with Crippen molar-refractivity contribution in [2.75, 3.05) is 14.1 Å². The molecular weight excluding hydrogens is 220 g/mol. The fourth-order valence-electron chi connectivity index (χ4n) is 0.882. The largest absolute Gasteiger partial charge is 0.366 e. The van der Waals surface area contributed by atoms with E-state index in [4.69, 9.17) is 0 Å². The summed E-state index contributed by atoms with van der Waals surface area (Å²) in [4.78, 5) is 20.9. The van der Waals surface area contributed by atoms with Crippen LogP contribution in [0.15, 0.2) is 24.8 Å². The molecule has 2 amide bonds. The average molecular weight is 242 g/mol. The molecule has 0 aromatic carbocycles. The standard InChI is InChI=1S/C8H17N3O.C3H5NO/c1-5-6-7(2)8(12)11(9-3)10-4;1-2-3(4)5/h9-10H,2,5-6H2,1,3-4H3;2H,1H2,(H2,4,5). The molecule has 0 saturated carbocycles. The molecule has 0 heterocycles. The van der Waals surface area contributed by atoms with Crippen molar-refractivity contribution < 1.29 is 9.59 Å². The number of carbonyl (C=O) groups is 2. The van der Waals surface area contributed by atoms with E-state index in [2.05, 4.69) is 29.7 Å². The Labute approximate surface area is 102 Å². The molecule has 0 rings (SSSR count). The van der Waals surface area contributed by atoms with Gasteiger partial charge >= 0.3 is 0 Å². The maximum Gasteiger partial charge on any atom is 0.278 e. The van der Waals surface area contributed by atoms with Crippen molar-refractivity contribution in [1.82, 2.24) is 16.0 Å². The Kier molecular flexibility index (Phi) is 11.3. The van der Waals surface area contributed by atoms with Gasteiger partial charge in [0, 0.05) is 19.7 Å². The van der Waals surface area contributed by atoms with E-state index >= 15 is 0 Å². The first-order valence-corrected chi connectivity index (χ1v) is 5.23. The fourth-order valence-corrected chi connectivity index (χ4v) is 0.882. The molecule has 0 radical (unpaired) electrons. The third-order valence-corrected chi connectivity index (χ3v) is 1.71. The van der Waals surface area contributed by atoms with Crippen LogP contribution in [0, 0.1) is 0 Å². The second kappa shape index (κ2) is 10.8. The van der Waals surface area contributed by atoms with E-state index in [1.165, 1.54) is 5.12 Å². The highest BCUT2D eigenvalue weighted by atomic mass is 16.2. The van der Waals surface area contributed by atoms with Crippen molar-refractivity contribution in [3.63, 3.8) is 0 Å². The minimum atomic E-state index is -0.481. The van der Waals surface area contributed by atoms with Crippen LogP contribution in [0.2, 0.25) is 0 Å². The zero-order chi connectivity index (χ0) is 13.8. The van der Waals surface area contributed by atoms with Gasteiger partial charge in [-0.1, -0.05) is 26.5 Å². The van der Waals surface area contributed by atoms with Crippen molar-refractivity contribution in [3.8, 4) is 0 Å². The summed E-state index contributed by atoms with van der Waals surface area (Å²) in [6, 6.07) is 0. The Hall–Kier alpha value is -1.66. The smallest absolute Gasteiger partial charge is 0.278 e. The predicted molar refractivity (Wildman–Crippen MR) is 68.4 cm³/mol. The van der Waals surface area contributed by atoms with Gasteiger partial charge in [0.05, 0.1) is 0 Å². The zero-order valence-corrected chi connectivity index (χ0v) is 10.7. The van der Waals surface area contributed by atoms with Gasteiger partial charge in [-0.05, 0) is 12.5 Å². The molecule has 0 fully saturated rings. The van der Waals surface area contributed by atoms with E-state index in [0.29, 0.717) is 5.57 Å². The Morgan fingerprint density at radius 1 is 1.35 bits per heavy atom. The quantitative estimate of drug-likeness (QED) is 0.455. The Balaban J connectivity index is 0. The number of carbonyl (C=O) groups excluding carboxylic acids is 2. The van der Waals surface area contributed by atoms with Crippen LogP contribution in [0.3, 0.4) is 0 Å². The molecule has 0 aliphatic carbocycles. The van der Waals surface area contributed by atoms with Crippen LogP contribution in [0.1, 0.15) is 19.8 Å². The normalized spacial score (nSPS) is 8.65. The lowest BCUT2D eigenvalue weighted by molar-refractivity contribution is -0.133. The van der Waals surface area contributed by atoms with Gasteiger partial charge in [0.2, 0.25) is 5.91 Å². The molecular formula is C11H22N4O2. The average Bonchev–Trinajstić information content (AvgIpc) is 2.31. The monoisotopic (exact) mass is 242 g/mol. The summed E-state index contributed by atoms with van der Waals surface area (Å²) in [5.74, 6) is -0.591. The Morgan fingerprint density at radius 2 is 1.76 bits per heavy atom. The number of nitrogens with zero attached hydrogens (tertiary/aromatic N) is 1. The number of primary amides is 1. The molecule has 17 heavy (non-hydrogen) atoms. The lowest BCUT2D eigenvalue weighted by Gasteiger charge is -2.20. The zero-order valence-electron chi connectivity index (χ0n) is 10.7. The fraction of sp³-hybridized carbons (Fsp3) is 0.455. The van der Waals surface area contributed by atoms with E-state index < -0.39 is 5.91 Å². The molecule has 0 spiro atoms. The van der Waals surface area contributed by atoms with Crippen molar-refractivity contribution in [3.05, 3.63) is 24.8 Å². The number of amides is 2. The Bertz CT molecular complexity index is 273. The molecule has 0 aromatic rings. The Morgan fingerprint density at radius 3 is 2.00 bits per heavy atom. The number of rotatable bonds is 6. The predicted octanol–water partition coefficient (Wildman–Crippen LogP) is 0.0978. The highest BCUT2D eigenvalue weighted by Crippen LogP contribution is 2.03. The lowest BCUT2D eigenvalue weighted by Crippen LogP contribution is -2.48. The van der Waals surface area contributed by atoms with Gasteiger partial charge in [0.25, 0.3) is 5.91 Å². The van der Waals surface area contributed by atoms with E-state index in [1.54, 1.807) is 14.1 Å². The van der Waals surface area contributed by atoms with E-state index in [0.717, 1.165) is 18.9 Å². The number of nitrogens with one attached hydrogen (secondary N) is 2. The topological polar surface area (TPSA) is 87.5 Å².